The molecule has 0 N–H and O–H groups in total. The minimum Gasteiger partial charge on any atom is -0.493 e. The van der Waals surface area contributed by atoms with E-state index in [1.54, 1.807) is 19.2 Å². The molecule has 1 aromatic rings. The van der Waals surface area contributed by atoms with Crippen molar-refractivity contribution < 1.29 is 33.2 Å². The summed E-state index contributed by atoms with van der Waals surface area (Å²) in [6.45, 7) is 1.23. The van der Waals surface area contributed by atoms with Gasteiger partial charge in [-0.25, -0.2) is 0 Å². The number of esters is 1. The summed E-state index contributed by atoms with van der Waals surface area (Å²) in [4.78, 5) is 11.1. The zero-order valence-corrected chi connectivity index (χ0v) is 13.3. The highest BCUT2D eigenvalue weighted by Gasteiger charge is 2.48. The molecule has 0 aliphatic carbocycles. The van der Waals surface area contributed by atoms with Gasteiger partial charge in [0.25, 0.3) is 0 Å². The average Bonchev–Trinajstić information content (AvgIpc) is 2.85. The fraction of sp³-hybridized carbons (Fsp3) is 0.533. The smallest absolute Gasteiger partial charge is 0.302 e. The van der Waals surface area contributed by atoms with E-state index in [9.17, 15) is 4.79 Å². The maximum atomic E-state index is 11.1. The van der Waals surface area contributed by atoms with Crippen molar-refractivity contribution in [2.24, 2.45) is 0 Å². The second-order valence-electron chi connectivity index (χ2n) is 4.72. The van der Waals surface area contributed by atoms with Gasteiger partial charge in [-0.2, -0.15) is 0 Å². The molecule has 122 valence electrons. The summed E-state index contributed by atoms with van der Waals surface area (Å²) in [6, 6.07) is 3.50. The molecule has 1 aliphatic heterocycles. The summed E-state index contributed by atoms with van der Waals surface area (Å²) in [6.07, 6.45) is -0.662. The molecule has 2 rings (SSSR count). The monoisotopic (exact) mass is 312 g/mol. The Balaban J connectivity index is 2.52. The standard InChI is InChI=1S/C15H20O7/c1-9(16)21-8-15(20-5)11-7-13(18-3)12(17-2)6-10(11)14(19-4)22-15/h6-7,14H,8H2,1-5H3. The molecule has 7 heteroatoms. The minimum absolute atomic E-state index is 0.0961. The van der Waals surface area contributed by atoms with Crippen LogP contribution >= 0.6 is 0 Å². The highest BCUT2D eigenvalue weighted by atomic mass is 16.8. The number of hydrogen-bond acceptors (Lipinski definition) is 7. The van der Waals surface area contributed by atoms with Gasteiger partial charge in [-0.05, 0) is 12.1 Å². The molecule has 1 aromatic carbocycles. The van der Waals surface area contributed by atoms with Crippen LogP contribution in [-0.2, 0) is 29.5 Å². The summed E-state index contributed by atoms with van der Waals surface area (Å²) in [5.74, 6) is -0.610. The summed E-state index contributed by atoms with van der Waals surface area (Å²) >= 11 is 0. The van der Waals surface area contributed by atoms with Gasteiger partial charge in [0, 0.05) is 32.3 Å². The molecule has 7 nitrogen and oxygen atoms in total. The Morgan fingerprint density at radius 3 is 2.32 bits per heavy atom. The summed E-state index contributed by atoms with van der Waals surface area (Å²) in [5.41, 5.74) is 1.40. The van der Waals surface area contributed by atoms with E-state index in [2.05, 4.69) is 0 Å². The fourth-order valence-electron chi connectivity index (χ4n) is 2.42. The van der Waals surface area contributed by atoms with Crippen LogP contribution in [0.5, 0.6) is 11.5 Å². The van der Waals surface area contributed by atoms with Gasteiger partial charge < -0.3 is 28.4 Å². The van der Waals surface area contributed by atoms with Crippen LogP contribution < -0.4 is 9.47 Å². The summed E-state index contributed by atoms with van der Waals surface area (Å²) < 4.78 is 32.4. The van der Waals surface area contributed by atoms with Crippen LogP contribution in [0.3, 0.4) is 0 Å². The van der Waals surface area contributed by atoms with Crippen molar-refractivity contribution in [3.8, 4) is 11.5 Å². The first-order valence-corrected chi connectivity index (χ1v) is 6.66. The highest BCUT2D eigenvalue weighted by molar-refractivity contribution is 5.66. The van der Waals surface area contributed by atoms with E-state index < -0.39 is 18.0 Å². The van der Waals surface area contributed by atoms with Gasteiger partial charge >= 0.3 is 5.97 Å². The van der Waals surface area contributed by atoms with Crippen LogP contribution in [0, 0.1) is 0 Å². The van der Waals surface area contributed by atoms with E-state index in [0.717, 1.165) is 5.56 Å². The first-order valence-electron chi connectivity index (χ1n) is 6.66. The molecule has 0 bridgehead atoms. The van der Waals surface area contributed by atoms with Gasteiger partial charge in [-0.15, -0.1) is 0 Å². The van der Waals surface area contributed by atoms with E-state index in [0.29, 0.717) is 17.1 Å². The number of carbonyl (C=O) groups excluding carboxylic acids is 1. The van der Waals surface area contributed by atoms with Crippen LogP contribution in [0.25, 0.3) is 0 Å². The van der Waals surface area contributed by atoms with Gasteiger partial charge in [-0.3, -0.25) is 4.79 Å². The van der Waals surface area contributed by atoms with Crippen molar-refractivity contribution in [1.82, 2.24) is 0 Å². The Morgan fingerprint density at radius 2 is 1.82 bits per heavy atom. The van der Waals surface area contributed by atoms with E-state index >= 15 is 0 Å². The van der Waals surface area contributed by atoms with Crippen molar-refractivity contribution >= 4 is 5.97 Å². The van der Waals surface area contributed by atoms with E-state index in [-0.39, 0.29) is 6.61 Å². The lowest BCUT2D eigenvalue weighted by molar-refractivity contribution is -0.303. The number of fused-ring (bicyclic) bond motifs is 1. The third-order valence-electron chi connectivity index (χ3n) is 3.53. The molecule has 0 radical (unpaired) electrons. The molecule has 0 saturated carbocycles. The second kappa shape index (κ2) is 6.51. The Labute approximate surface area is 129 Å². The van der Waals surface area contributed by atoms with Crippen molar-refractivity contribution in [1.29, 1.82) is 0 Å². The number of ether oxygens (including phenoxy) is 6. The molecule has 2 unspecified atom stereocenters. The lowest BCUT2D eigenvalue weighted by Gasteiger charge is -2.27. The maximum Gasteiger partial charge on any atom is 0.302 e. The van der Waals surface area contributed by atoms with Crippen LogP contribution in [0.1, 0.15) is 24.3 Å². The molecule has 0 saturated heterocycles. The molecule has 0 aromatic heterocycles. The highest BCUT2D eigenvalue weighted by Crippen LogP contribution is 2.48. The third-order valence-corrected chi connectivity index (χ3v) is 3.53. The molecule has 1 aliphatic rings. The Hall–Kier alpha value is -1.83. The fourth-order valence-corrected chi connectivity index (χ4v) is 2.42. The van der Waals surface area contributed by atoms with Crippen molar-refractivity contribution in [2.45, 2.75) is 19.0 Å². The van der Waals surface area contributed by atoms with Gasteiger partial charge in [-0.1, -0.05) is 0 Å². The summed E-state index contributed by atoms with van der Waals surface area (Å²) in [7, 11) is 6.07. The Morgan fingerprint density at radius 1 is 1.18 bits per heavy atom. The molecular formula is C15H20O7. The third kappa shape index (κ3) is 2.75. The summed E-state index contributed by atoms with van der Waals surface area (Å²) in [5, 5.41) is 0. The van der Waals surface area contributed by atoms with Crippen molar-refractivity contribution in [3.63, 3.8) is 0 Å². The van der Waals surface area contributed by atoms with Crippen molar-refractivity contribution in [2.75, 3.05) is 35.0 Å². The topological polar surface area (TPSA) is 72.5 Å². The van der Waals surface area contributed by atoms with E-state index in [4.69, 9.17) is 28.4 Å². The van der Waals surface area contributed by atoms with Crippen LogP contribution in [-0.4, -0.2) is 41.0 Å². The first kappa shape index (κ1) is 16.5. The SMILES string of the molecule is COc1cc2c(cc1OC)C(COC(C)=O)(OC)OC2OC. The number of carbonyl (C=O) groups is 1. The van der Waals surface area contributed by atoms with Crippen molar-refractivity contribution in [3.05, 3.63) is 23.3 Å². The largest absolute Gasteiger partial charge is 0.493 e. The molecule has 1 heterocycles. The molecule has 2 atom stereocenters. The van der Waals surface area contributed by atoms with Gasteiger partial charge in [0.05, 0.1) is 14.2 Å². The molecule has 0 amide bonds. The Kier molecular flexibility index (Phi) is 4.90. The first-order chi connectivity index (χ1) is 10.5. The predicted molar refractivity (Wildman–Crippen MR) is 75.7 cm³/mol. The van der Waals surface area contributed by atoms with Gasteiger partial charge in [0.15, 0.2) is 17.8 Å². The van der Waals surface area contributed by atoms with Gasteiger partial charge in [0.1, 0.15) is 6.61 Å². The minimum atomic E-state index is -1.25. The normalized spacial score (nSPS) is 23.0. The lowest BCUT2D eigenvalue weighted by atomic mass is 10.0. The zero-order valence-electron chi connectivity index (χ0n) is 13.3. The van der Waals surface area contributed by atoms with Crippen LogP contribution in [0.2, 0.25) is 0 Å². The zero-order chi connectivity index (χ0) is 16.3. The molecule has 0 fully saturated rings. The number of rotatable bonds is 6. The van der Waals surface area contributed by atoms with Crippen LogP contribution in [0.15, 0.2) is 12.1 Å². The number of hydrogen-bond donors (Lipinski definition) is 0. The van der Waals surface area contributed by atoms with Crippen LogP contribution in [0.4, 0.5) is 0 Å². The Bertz CT molecular complexity index is 557. The maximum absolute atomic E-state index is 11.1. The molecule has 22 heavy (non-hydrogen) atoms. The average molecular weight is 312 g/mol. The number of benzene rings is 1. The van der Waals surface area contributed by atoms with E-state index in [1.165, 1.54) is 28.3 Å². The molecule has 0 spiro atoms. The van der Waals surface area contributed by atoms with Gasteiger partial charge in [0.2, 0.25) is 5.79 Å². The lowest BCUT2D eigenvalue weighted by Crippen LogP contribution is -2.35. The second-order valence-corrected chi connectivity index (χ2v) is 4.72. The molecular weight excluding hydrogens is 292 g/mol. The quantitative estimate of drug-likeness (QED) is 0.741. The number of methoxy groups -OCH3 is 4. The predicted octanol–water partition coefficient (Wildman–Crippen LogP) is 1.74. The van der Waals surface area contributed by atoms with E-state index in [1.807, 2.05) is 0 Å².